The molecular formula is C92H140N4O10Sn4. The molecular weight excluding hydrogens is 1800 g/mol. The molecule has 8 aromatic carbocycles. The summed E-state index contributed by atoms with van der Waals surface area (Å²) in [6, 6.07) is 52.2. The molecule has 110 heavy (non-hydrogen) atoms. The second-order valence-electron chi connectivity index (χ2n) is 27.0. The number of aromatic carboxylic acids is 2. The molecule has 0 aliphatic heterocycles. The van der Waals surface area contributed by atoms with E-state index in [4.69, 9.17) is 10.2 Å². The molecule has 0 fully saturated rings. The Hall–Kier alpha value is -5.15. The zero-order valence-electron chi connectivity index (χ0n) is 69.8. The van der Waals surface area contributed by atoms with Gasteiger partial charge in [-0.2, -0.15) is 0 Å². The number of hydrogen-bond donors (Lipinski definition) is 10. The molecule has 0 bridgehead atoms. The summed E-state index contributed by atoms with van der Waals surface area (Å²) < 4.78 is 13.0. The standard InChI is InChI=1S/2C15H17NO2.2C15H15NO2.8C4H9.2H2O.4Sn/c4*1-10-6-5-7-11(2)14(10)16-13-9-4-3-8-12(13)15(17)18;8*1-3-4-2;;;;;;/h2*3-9,15-18H,1-2H3;2*3-9,16H,1-2H3,(H,17,18);8*1,3-4H2,2H3;2*1H2;;;;. The van der Waals surface area contributed by atoms with Crippen molar-refractivity contribution < 1.29 is 51.2 Å². The number of anilines is 8. The number of carbonyl (C=O) groups is 2. The van der Waals surface area contributed by atoms with Gasteiger partial charge < -0.3 is 62.9 Å². The number of benzene rings is 8. The largest absolute Gasteiger partial charge is 0.478 e. The van der Waals surface area contributed by atoms with E-state index in [9.17, 15) is 30.0 Å². The zero-order valence-corrected chi connectivity index (χ0v) is 81.2. The van der Waals surface area contributed by atoms with E-state index in [1.807, 2.05) is 165 Å². The molecule has 8 rings (SSSR count). The van der Waals surface area contributed by atoms with Crippen LogP contribution in [0.5, 0.6) is 0 Å². The van der Waals surface area contributed by atoms with Gasteiger partial charge in [-0.25, -0.2) is 9.59 Å². The van der Waals surface area contributed by atoms with Crippen LogP contribution in [0.15, 0.2) is 170 Å². The molecule has 0 unspecified atom stereocenters. The first-order valence-corrected chi connectivity index (χ1v) is 55.9. The zero-order chi connectivity index (χ0) is 80.3. The number of carboxylic acids is 2. The predicted molar refractivity (Wildman–Crippen MR) is 479 cm³/mol. The summed E-state index contributed by atoms with van der Waals surface area (Å²) in [6.45, 7) is 34.4. The van der Waals surface area contributed by atoms with Crippen LogP contribution in [0.1, 0.15) is 247 Å². The Balaban J connectivity index is 0. The van der Waals surface area contributed by atoms with E-state index in [0.717, 1.165) is 67.3 Å². The molecule has 0 aliphatic rings. The minimum atomic E-state index is -1.47. The van der Waals surface area contributed by atoms with Gasteiger partial charge >= 0.3 is 290 Å². The quantitative estimate of drug-likeness (QED) is 0.00998. The topological polar surface area (TPSA) is 267 Å². The molecule has 0 aliphatic carbocycles. The molecule has 14 N–H and O–H groups in total. The molecule has 0 aromatic heterocycles. The number of aliphatic hydroxyl groups is 4. The van der Waals surface area contributed by atoms with E-state index in [2.05, 4.69) is 76.7 Å². The third-order valence-corrected chi connectivity index (χ3v) is 33.6. The van der Waals surface area contributed by atoms with Crippen LogP contribution in [-0.2, 0) is 0 Å². The van der Waals surface area contributed by atoms with Crippen molar-refractivity contribution in [2.45, 2.75) is 262 Å². The van der Waals surface area contributed by atoms with Gasteiger partial charge in [-0.15, -0.1) is 0 Å². The molecule has 0 saturated carbocycles. The Labute approximate surface area is 706 Å². The van der Waals surface area contributed by atoms with Crippen LogP contribution < -0.4 is 21.3 Å². The van der Waals surface area contributed by atoms with E-state index < -0.39 is 24.5 Å². The Morgan fingerprint density at radius 1 is 0.273 bits per heavy atom. The van der Waals surface area contributed by atoms with Gasteiger partial charge in [-0.3, -0.25) is 0 Å². The van der Waals surface area contributed by atoms with Gasteiger partial charge in [0.25, 0.3) is 0 Å². The van der Waals surface area contributed by atoms with Crippen molar-refractivity contribution in [3.05, 3.63) is 237 Å². The van der Waals surface area contributed by atoms with Crippen LogP contribution >= 0.6 is 0 Å². The third kappa shape index (κ3) is 46.9. The van der Waals surface area contributed by atoms with Gasteiger partial charge in [0.15, 0.2) is 12.6 Å². The number of rotatable bonds is 36. The number of hydrogen-bond acceptors (Lipinski definition) is 10. The molecule has 0 saturated heterocycles. The van der Waals surface area contributed by atoms with Crippen LogP contribution in [-0.4, -0.2) is 138 Å². The number of aryl methyl sites for hydroxylation is 8. The molecule has 8 radical (unpaired) electrons. The van der Waals surface area contributed by atoms with E-state index in [1.165, 1.54) is 103 Å². The summed E-state index contributed by atoms with van der Waals surface area (Å²) in [5, 5.41) is 68.6. The number of unbranched alkanes of at least 4 members (excludes halogenated alkanes) is 8. The second kappa shape index (κ2) is 68.3. The molecule has 0 atom stereocenters. The number of nitrogens with one attached hydrogen (secondary N) is 4. The van der Waals surface area contributed by atoms with Gasteiger partial charge in [0.1, 0.15) is 0 Å². The minimum absolute atomic E-state index is 0. The number of carboxylic acid groups (broad SMARTS) is 2. The Morgan fingerprint density at radius 2 is 0.445 bits per heavy atom. The van der Waals surface area contributed by atoms with Crippen LogP contribution in [0.2, 0.25) is 35.5 Å². The summed E-state index contributed by atoms with van der Waals surface area (Å²) in [7, 11) is 0. The normalized spacial score (nSPS) is 10.1. The average Bonchev–Trinajstić information content (AvgIpc) is 0.851. The van der Waals surface area contributed by atoms with Crippen LogP contribution in [0.4, 0.5) is 45.5 Å². The number of aliphatic hydroxyl groups excluding tert-OH is 2. The molecule has 0 heterocycles. The minimum Gasteiger partial charge on any atom is -0.478 e. The molecule has 14 nitrogen and oxygen atoms in total. The number of para-hydroxylation sites is 8. The molecule has 0 amide bonds. The summed E-state index contributed by atoms with van der Waals surface area (Å²) >= 11 is 0.598. The van der Waals surface area contributed by atoms with Crippen molar-refractivity contribution in [3.63, 3.8) is 0 Å². The van der Waals surface area contributed by atoms with Crippen molar-refractivity contribution >= 4 is 142 Å². The maximum atomic E-state index is 11.1. The Morgan fingerprint density at radius 3 is 0.627 bits per heavy atom. The van der Waals surface area contributed by atoms with Crippen molar-refractivity contribution in [2.75, 3.05) is 21.3 Å². The Bertz CT molecular complexity index is 3300. The SMILES string of the molecule is CCC[CH2][Sn][CH2]CCC.CCC[CH2][Sn][CH2]CCC.CCC[CH2][Sn][CH2]CCC.CCC[CH2][Sn][CH2]CCC.Cc1cccc(C)c1Nc1ccccc1C(=O)O.Cc1cccc(C)c1Nc1ccccc1C(=O)O.Cc1cccc(C)c1Nc1ccccc1C(O)O.Cc1cccc(C)c1Nc1ccccc1C(O)O.O.O. The van der Waals surface area contributed by atoms with Crippen LogP contribution in [0.25, 0.3) is 0 Å². The smallest absolute Gasteiger partial charge is 0.337 e. The van der Waals surface area contributed by atoms with Gasteiger partial charge in [0.2, 0.25) is 0 Å². The van der Waals surface area contributed by atoms with Gasteiger partial charge in [-0.05, 0) is 136 Å². The second-order valence-corrected chi connectivity index (χ2v) is 44.1. The maximum Gasteiger partial charge on any atom is 0.337 e. The van der Waals surface area contributed by atoms with Gasteiger partial charge in [0, 0.05) is 45.3 Å². The fraction of sp³-hybridized carbons (Fsp3) is 0.457. The molecule has 18 heteroatoms. The van der Waals surface area contributed by atoms with Crippen molar-refractivity contribution in [1.29, 1.82) is 0 Å². The fourth-order valence-electron chi connectivity index (χ4n) is 10.7. The first kappa shape index (κ1) is 107. The van der Waals surface area contributed by atoms with E-state index in [-0.39, 0.29) is 107 Å². The molecule has 0 spiro atoms. The monoisotopic (exact) mass is 1940 g/mol. The van der Waals surface area contributed by atoms with Gasteiger partial charge in [0.05, 0.1) is 22.5 Å². The fourth-order valence-corrected chi connectivity index (χ4v) is 27.4. The van der Waals surface area contributed by atoms with Crippen molar-refractivity contribution in [2.24, 2.45) is 0 Å². The van der Waals surface area contributed by atoms with E-state index in [1.54, 1.807) is 96.2 Å². The molecule has 8 aromatic rings. The Kier molecular flexibility index (Phi) is 66.4. The first-order valence-electron chi connectivity index (χ1n) is 39.7. The molecule has 604 valence electrons. The third-order valence-electron chi connectivity index (χ3n) is 17.4. The summed E-state index contributed by atoms with van der Waals surface area (Å²) in [5.41, 5.74) is 17.0. The maximum absolute atomic E-state index is 11.1. The van der Waals surface area contributed by atoms with Crippen molar-refractivity contribution in [1.82, 2.24) is 0 Å². The first-order chi connectivity index (χ1) is 52.0. The predicted octanol–water partition coefficient (Wildman–Crippen LogP) is 24.4. The van der Waals surface area contributed by atoms with Crippen LogP contribution in [0, 0.1) is 55.4 Å². The summed E-state index contributed by atoms with van der Waals surface area (Å²) in [5.74, 6) is -1.85. The summed E-state index contributed by atoms with van der Waals surface area (Å²) in [6.07, 6.45) is 20.4. The van der Waals surface area contributed by atoms with Crippen molar-refractivity contribution in [3.8, 4) is 0 Å². The van der Waals surface area contributed by atoms with Crippen LogP contribution in [0.3, 0.4) is 0 Å². The van der Waals surface area contributed by atoms with Gasteiger partial charge in [-0.1, -0.05) is 133 Å². The van der Waals surface area contributed by atoms with E-state index >= 15 is 0 Å². The van der Waals surface area contributed by atoms with E-state index in [0.29, 0.717) is 33.9 Å². The summed E-state index contributed by atoms with van der Waals surface area (Å²) in [4.78, 5) is 22.3. The average molecular weight is 1940 g/mol.